The molecule has 1 heterocycles. The molecule has 70 valence electrons. The third-order valence-corrected chi connectivity index (χ3v) is 2.75. The van der Waals surface area contributed by atoms with Crippen molar-refractivity contribution in [2.45, 2.75) is 32.3 Å². The summed E-state index contributed by atoms with van der Waals surface area (Å²) in [6.45, 7) is 4.84. The van der Waals surface area contributed by atoms with Crippen LogP contribution in [0.5, 0.6) is 0 Å². The van der Waals surface area contributed by atoms with Gasteiger partial charge in [-0.05, 0) is 19.3 Å². The predicted molar refractivity (Wildman–Crippen MR) is 44.8 cm³/mol. The third kappa shape index (κ3) is 1.78. The number of hydrogen-bond acceptors (Lipinski definition) is 3. The molecule has 0 unspecified atom stereocenters. The molecular formula is C9H16O3. The van der Waals surface area contributed by atoms with E-state index in [1.807, 2.05) is 6.92 Å². The maximum absolute atomic E-state index is 11.0. The van der Waals surface area contributed by atoms with E-state index in [0.29, 0.717) is 12.3 Å². The van der Waals surface area contributed by atoms with E-state index in [4.69, 9.17) is 4.74 Å². The molecule has 0 saturated carbocycles. The lowest BCUT2D eigenvalue weighted by Crippen LogP contribution is -2.33. The molecule has 0 aromatic carbocycles. The van der Waals surface area contributed by atoms with Crippen LogP contribution in [0.25, 0.3) is 0 Å². The number of hydrogen-bond donors (Lipinski definition) is 0. The molecule has 1 aliphatic heterocycles. The SMILES string of the molecule is COC(=O)C[C@]1(C)OCC[C@H]1C. The molecule has 1 saturated heterocycles. The molecule has 0 amide bonds. The van der Waals surface area contributed by atoms with Crippen molar-refractivity contribution in [1.82, 2.24) is 0 Å². The normalized spacial score (nSPS) is 35.1. The van der Waals surface area contributed by atoms with Gasteiger partial charge >= 0.3 is 5.97 Å². The smallest absolute Gasteiger partial charge is 0.308 e. The number of ether oxygens (including phenoxy) is 2. The number of rotatable bonds is 2. The van der Waals surface area contributed by atoms with Crippen molar-refractivity contribution in [2.24, 2.45) is 5.92 Å². The summed E-state index contributed by atoms with van der Waals surface area (Å²) in [5.74, 6) is 0.253. The zero-order valence-electron chi connectivity index (χ0n) is 7.92. The van der Waals surface area contributed by atoms with E-state index in [-0.39, 0.29) is 11.6 Å². The van der Waals surface area contributed by atoms with E-state index in [1.54, 1.807) is 0 Å². The van der Waals surface area contributed by atoms with Crippen LogP contribution in [0, 0.1) is 5.92 Å². The highest BCUT2D eigenvalue weighted by Crippen LogP contribution is 2.34. The van der Waals surface area contributed by atoms with Crippen LogP contribution in [0.15, 0.2) is 0 Å². The van der Waals surface area contributed by atoms with Crippen LogP contribution in [0.2, 0.25) is 0 Å². The first kappa shape index (κ1) is 9.52. The van der Waals surface area contributed by atoms with Gasteiger partial charge in [-0.1, -0.05) is 6.92 Å². The van der Waals surface area contributed by atoms with Crippen molar-refractivity contribution in [2.75, 3.05) is 13.7 Å². The molecule has 0 N–H and O–H groups in total. The van der Waals surface area contributed by atoms with E-state index in [9.17, 15) is 4.79 Å². The Hall–Kier alpha value is -0.570. The van der Waals surface area contributed by atoms with Gasteiger partial charge in [-0.25, -0.2) is 0 Å². The molecule has 1 rings (SSSR count). The highest BCUT2D eigenvalue weighted by Gasteiger charge is 2.39. The summed E-state index contributed by atoms with van der Waals surface area (Å²) in [4.78, 5) is 11.0. The van der Waals surface area contributed by atoms with Gasteiger partial charge in [-0.15, -0.1) is 0 Å². The van der Waals surface area contributed by atoms with Gasteiger partial charge in [0, 0.05) is 6.61 Å². The van der Waals surface area contributed by atoms with Gasteiger partial charge in [-0.2, -0.15) is 0 Å². The van der Waals surface area contributed by atoms with Crippen LogP contribution in [-0.2, 0) is 14.3 Å². The van der Waals surface area contributed by atoms with Gasteiger partial charge < -0.3 is 9.47 Å². The molecule has 3 nitrogen and oxygen atoms in total. The Kier molecular flexibility index (Phi) is 2.73. The summed E-state index contributed by atoms with van der Waals surface area (Å²) in [7, 11) is 1.41. The summed E-state index contributed by atoms with van der Waals surface area (Å²) in [6.07, 6.45) is 1.40. The topological polar surface area (TPSA) is 35.5 Å². The minimum absolute atomic E-state index is 0.189. The summed E-state index contributed by atoms with van der Waals surface area (Å²) in [6, 6.07) is 0. The Labute approximate surface area is 73.0 Å². The van der Waals surface area contributed by atoms with Gasteiger partial charge in [0.1, 0.15) is 0 Å². The standard InChI is InChI=1S/C9H16O3/c1-7-4-5-12-9(7,2)6-8(10)11-3/h7H,4-6H2,1-3H3/t7-,9+/m1/s1. The van der Waals surface area contributed by atoms with E-state index in [2.05, 4.69) is 11.7 Å². The lowest BCUT2D eigenvalue weighted by Gasteiger charge is -2.26. The van der Waals surface area contributed by atoms with E-state index >= 15 is 0 Å². The van der Waals surface area contributed by atoms with Crippen LogP contribution in [-0.4, -0.2) is 25.3 Å². The largest absolute Gasteiger partial charge is 0.469 e. The number of methoxy groups -OCH3 is 1. The Bertz CT molecular complexity index is 179. The highest BCUT2D eigenvalue weighted by molar-refractivity contribution is 5.70. The molecule has 12 heavy (non-hydrogen) atoms. The third-order valence-electron chi connectivity index (χ3n) is 2.75. The molecule has 0 radical (unpaired) electrons. The van der Waals surface area contributed by atoms with Gasteiger partial charge in [0.15, 0.2) is 0 Å². The Balaban J connectivity index is 2.53. The van der Waals surface area contributed by atoms with E-state index in [1.165, 1.54) is 7.11 Å². The van der Waals surface area contributed by atoms with Gasteiger partial charge in [0.05, 0.1) is 19.1 Å². The zero-order chi connectivity index (χ0) is 9.19. The quantitative estimate of drug-likeness (QED) is 0.590. The van der Waals surface area contributed by atoms with Crippen molar-refractivity contribution < 1.29 is 14.3 Å². The molecule has 1 fully saturated rings. The van der Waals surface area contributed by atoms with Crippen LogP contribution in [0.1, 0.15) is 26.7 Å². The molecule has 0 spiro atoms. The first-order valence-corrected chi connectivity index (χ1v) is 4.29. The average molecular weight is 172 g/mol. The molecule has 0 aliphatic carbocycles. The maximum atomic E-state index is 11.0. The maximum Gasteiger partial charge on any atom is 0.308 e. The number of esters is 1. The molecule has 1 aliphatic rings. The fourth-order valence-corrected chi connectivity index (χ4v) is 1.50. The van der Waals surface area contributed by atoms with Gasteiger partial charge in [-0.3, -0.25) is 4.79 Å². The second-order valence-electron chi connectivity index (χ2n) is 3.60. The van der Waals surface area contributed by atoms with Gasteiger partial charge in [0.2, 0.25) is 0 Å². The van der Waals surface area contributed by atoms with Crippen molar-refractivity contribution >= 4 is 5.97 Å². The van der Waals surface area contributed by atoms with Crippen molar-refractivity contribution in [3.8, 4) is 0 Å². The predicted octanol–water partition coefficient (Wildman–Crippen LogP) is 1.36. The van der Waals surface area contributed by atoms with E-state index in [0.717, 1.165) is 13.0 Å². The molecule has 0 aromatic rings. The van der Waals surface area contributed by atoms with Crippen molar-refractivity contribution in [3.63, 3.8) is 0 Å². The second kappa shape index (κ2) is 3.44. The first-order chi connectivity index (χ1) is 5.58. The van der Waals surface area contributed by atoms with E-state index < -0.39 is 0 Å². The van der Waals surface area contributed by atoms with Crippen LogP contribution >= 0.6 is 0 Å². The fourth-order valence-electron chi connectivity index (χ4n) is 1.50. The van der Waals surface area contributed by atoms with Crippen LogP contribution < -0.4 is 0 Å². The number of carbonyl (C=O) groups is 1. The second-order valence-corrected chi connectivity index (χ2v) is 3.60. The molecule has 2 atom stereocenters. The highest BCUT2D eigenvalue weighted by atomic mass is 16.5. The number of carbonyl (C=O) groups excluding carboxylic acids is 1. The zero-order valence-corrected chi connectivity index (χ0v) is 7.92. The minimum atomic E-state index is -0.299. The summed E-state index contributed by atoms with van der Waals surface area (Å²) in [5.41, 5.74) is -0.299. The summed E-state index contributed by atoms with van der Waals surface area (Å²) >= 11 is 0. The Morgan fingerprint density at radius 2 is 2.42 bits per heavy atom. The van der Waals surface area contributed by atoms with Crippen molar-refractivity contribution in [1.29, 1.82) is 0 Å². The molecular weight excluding hydrogens is 156 g/mol. The molecule has 0 bridgehead atoms. The Morgan fingerprint density at radius 1 is 1.75 bits per heavy atom. The minimum Gasteiger partial charge on any atom is -0.469 e. The monoisotopic (exact) mass is 172 g/mol. The van der Waals surface area contributed by atoms with Crippen molar-refractivity contribution in [3.05, 3.63) is 0 Å². The molecule has 0 aromatic heterocycles. The average Bonchev–Trinajstić information content (AvgIpc) is 2.32. The Morgan fingerprint density at radius 3 is 2.83 bits per heavy atom. The van der Waals surface area contributed by atoms with Crippen LogP contribution in [0.4, 0.5) is 0 Å². The summed E-state index contributed by atoms with van der Waals surface area (Å²) in [5, 5.41) is 0. The lowest BCUT2D eigenvalue weighted by molar-refractivity contribution is -0.147. The first-order valence-electron chi connectivity index (χ1n) is 4.29. The fraction of sp³-hybridized carbons (Fsp3) is 0.889. The van der Waals surface area contributed by atoms with Gasteiger partial charge in [0.25, 0.3) is 0 Å². The molecule has 3 heteroatoms. The van der Waals surface area contributed by atoms with Crippen LogP contribution in [0.3, 0.4) is 0 Å². The summed E-state index contributed by atoms with van der Waals surface area (Å²) < 4.78 is 10.1. The lowest BCUT2D eigenvalue weighted by atomic mass is 9.88.